The smallest absolute Gasteiger partial charge is 0.214 e. The summed E-state index contributed by atoms with van der Waals surface area (Å²) in [6, 6.07) is 7.77. The maximum absolute atomic E-state index is 13.1. The van der Waals surface area contributed by atoms with E-state index in [1.54, 1.807) is 18.2 Å². The summed E-state index contributed by atoms with van der Waals surface area (Å²) in [6.07, 6.45) is 0. The molecule has 0 bridgehead atoms. The van der Waals surface area contributed by atoms with Crippen LogP contribution >= 0.6 is 23.2 Å². The molecular weight excluding hydrogens is 250 g/mol. The summed E-state index contributed by atoms with van der Waals surface area (Å²) in [6.45, 7) is 0. The van der Waals surface area contributed by atoms with Crippen molar-refractivity contribution < 1.29 is 4.39 Å². The first-order chi connectivity index (χ1) is 7.56. The number of nitrogens with zero attached hydrogens (tertiary/aromatic N) is 1. The zero-order valence-corrected chi connectivity index (χ0v) is 9.56. The van der Waals surface area contributed by atoms with E-state index in [0.29, 0.717) is 21.8 Å². The maximum Gasteiger partial charge on any atom is 0.214 e. The van der Waals surface area contributed by atoms with E-state index in [1.807, 2.05) is 0 Å². The Labute approximate surface area is 102 Å². The standard InChI is InChI=1S/C11H7Cl2FN2/c12-9-2-1-7(15)5-8(9)6-3-10(13)16-11(14)4-6/h1-5H,15H2. The molecule has 0 unspecified atom stereocenters. The predicted octanol–water partition coefficient (Wildman–Crippen LogP) is 3.78. The van der Waals surface area contributed by atoms with E-state index in [9.17, 15) is 4.39 Å². The van der Waals surface area contributed by atoms with Crippen molar-refractivity contribution in [2.24, 2.45) is 0 Å². The monoisotopic (exact) mass is 256 g/mol. The molecule has 16 heavy (non-hydrogen) atoms. The molecule has 2 N–H and O–H groups in total. The number of hydrogen-bond donors (Lipinski definition) is 1. The lowest BCUT2D eigenvalue weighted by atomic mass is 10.1. The van der Waals surface area contributed by atoms with Gasteiger partial charge in [-0.05, 0) is 29.8 Å². The number of anilines is 1. The predicted molar refractivity (Wildman–Crippen MR) is 64.1 cm³/mol. The average molecular weight is 257 g/mol. The van der Waals surface area contributed by atoms with Crippen LogP contribution < -0.4 is 5.73 Å². The van der Waals surface area contributed by atoms with Gasteiger partial charge in [-0.15, -0.1) is 0 Å². The minimum Gasteiger partial charge on any atom is -0.399 e. The molecule has 0 fully saturated rings. The van der Waals surface area contributed by atoms with Crippen LogP contribution in [0.15, 0.2) is 30.3 Å². The molecule has 0 atom stereocenters. The highest BCUT2D eigenvalue weighted by Crippen LogP contribution is 2.31. The fourth-order valence-corrected chi connectivity index (χ4v) is 1.81. The molecule has 1 aromatic heterocycles. The molecule has 0 aliphatic carbocycles. The largest absolute Gasteiger partial charge is 0.399 e. The quantitative estimate of drug-likeness (QED) is 0.623. The molecular formula is C11H7Cl2FN2. The highest BCUT2D eigenvalue weighted by Gasteiger charge is 2.07. The van der Waals surface area contributed by atoms with Crippen molar-refractivity contribution in [2.75, 3.05) is 5.73 Å². The Balaban J connectivity index is 2.62. The van der Waals surface area contributed by atoms with Crippen LogP contribution in [0.25, 0.3) is 11.1 Å². The maximum atomic E-state index is 13.1. The van der Waals surface area contributed by atoms with Crippen LogP contribution in [0.5, 0.6) is 0 Å². The van der Waals surface area contributed by atoms with Gasteiger partial charge in [0.05, 0.1) is 0 Å². The molecule has 5 heteroatoms. The molecule has 0 saturated carbocycles. The summed E-state index contributed by atoms with van der Waals surface area (Å²) in [5.74, 6) is -0.652. The fraction of sp³-hybridized carbons (Fsp3) is 0. The molecule has 0 aliphatic heterocycles. The highest BCUT2D eigenvalue weighted by atomic mass is 35.5. The lowest BCUT2D eigenvalue weighted by Crippen LogP contribution is -1.89. The lowest BCUT2D eigenvalue weighted by molar-refractivity contribution is 0.584. The lowest BCUT2D eigenvalue weighted by Gasteiger charge is -2.06. The second kappa shape index (κ2) is 4.28. The first-order valence-electron chi connectivity index (χ1n) is 4.45. The van der Waals surface area contributed by atoms with Crippen molar-refractivity contribution in [3.05, 3.63) is 46.5 Å². The Bertz CT molecular complexity index is 523. The molecule has 0 aliphatic rings. The van der Waals surface area contributed by atoms with Gasteiger partial charge in [-0.25, -0.2) is 4.98 Å². The second-order valence-electron chi connectivity index (χ2n) is 3.24. The van der Waals surface area contributed by atoms with E-state index >= 15 is 0 Å². The third-order valence-electron chi connectivity index (χ3n) is 2.06. The van der Waals surface area contributed by atoms with Crippen molar-refractivity contribution in [3.63, 3.8) is 0 Å². The molecule has 2 aromatic rings. The van der Waals surface area contributed by atoms with Gasteiger partial charge < -0.3 is 5.73 Å². The summed E-state index contributed by atoms with van der Waals surface area (Å²) in [5.41, 5.74) is 7.37. The fourth-order valence-electron chi connectivity index (χ4n) is 1.38. The summed E-state index contributed by atoms with van der Waals surface area (Å²) < 4.78 is 13.1. The number of halogens is 3. The SMILES string of the molecule is Nc1ccc(Cl)c(-c2cc(F)nc(Cl)c2)c1. The van der Waals surface area contributed by atoms with Crippen LogP contribution in [-0.4, -0.2) is 4.98 Å². The zero-order chi connectivity index (χ0) is 11.7. The summed E-state index contributed by atoms with van der Waals surface area (Å²) >= 11 is 11.7. The third kappa shape index (κ3) is 2.26. The number of pyridine rings is 1. The van der Waals surface area contributed by atoms with Crippen LogP contribution in [0.4, 0.5) is 10.1 Å². The number of nitrogens with two attached hydrogens (primary N) is 1. The summed E-state index contributed by atoms with van der Waals surface area (Å²) in [5, 5.41) is 0.560. The molecule has 2 nitrogen and oxygen atoms in total. The van der Waals surface area contributed by atoms with Crippen LogP contribution in [0.3, 0.4) is 0 Å². The minimum absolute atomic E-state index is 0.0773. The van der Waals surface area contributed by atoms with Crippen LogP contribution in [0.1, 0.15) is 0 Å². The molecule has 82 valence electrons. The van der Waals surface area contributed by atoms with Crippen molar-refractivity contribution >= 4 is 28.9 Å². The van der Waals surface area contributed by atoms with Gasteiger partial charge in [0.15, 0.2) is 0 Å². The van der Waals surface area contributed by atoms with Gasteiger partial charge in [-0.3, -0.25) is 0 Å². The van der Waals surface area contributed by atoms with E-state index in [4.69, 9.17) is 28.9 Å². The minimum atomic E-state index is -0.652. The van der Waals surface area contributed by atoms with Crippen molar-refractivity contribution in [1.29, 1.82) is 0 Å². The second-order valence-corrected chi connectivity index (χ2v) is 4.04. The van der Waals surface area contributed by atoms with Gasteiger partial charge in [0, 0.05) is 22.3 Å². The summed E-state index contributed by atoms with van der Waals surface area (Å²) in [7, 11) is 0. The molecule has 0 radical (unpaired) electrons. The van der Waals surface area contributed by atoms with E-state index in [0.717, 1.165) is 0 Å². The zero-order valence-electron chi connectivity index (χ0n) is 8.05. The van der Waals surface area contributed by atoms with E-state index < -0.39 is 5.95 Å². The van der Waals surface area contributed by atoms with Crippen molar-refractivity contribution in [3.8, 4) is 11.1 Å². The number of aromatic nitrogens is 1. The average Bonchev–Trinajstić information content (AvgIpc) is 2.20. The molecule has 0 amide bonds. The van der Waals surface area contributed by atoms with Gasteiger partial charge in [0.25, 0.3) is 0 Å². The van der Waals surface area contributed by atoms with E-state index in [-0.39, 0.29) is 5.15 Å². The molecule has 2 rings (SSSR count). The Morgan fingerprint density at radius 2 is 1.88 bits per heavy atom. The van der Waals surface area contributed by atoms with Gasteiger partial charge in [0.2, 0.25) is 5.95 Å². The normalized spacial score (nSPS) is 10.4. The molecule has 1 aromatic carbocycles. The first-order valence-corrected chi connectivity index (χ1v) is 5.20. The molecule has 0 spiro atoms. The number of benzene rings is 1. The number of rotatable bonds is 1. The first kappa shape index (κ1) is 11.2. The van der Waals surface area contributed by atoms with Gasteiger partial charge in [-0.1, -0.05) is 23.2 Å². The number of nitrogen functional groups attached to an aromatic ring is 1. The van der Waals surface area contributed by atoms with Gasteiger partial charge >= 0.3 is 0 Å². The van der Waals surface area contributed by atoms with Crippen LogP contribution in [-0.2, 0) is 0 Å². The Kier molecular flexibility index (Phi) is 2.99. The van der Waals surface area contributed by atoms with Crippen LogP contribution in [0, 0.1) is 5.95 Å². The van der Waals surface area contributed by atoms with E-state index in [1.165, 1.54) is 12.1 Å². The topological polar surface area (TPSA) is 38.9 Å². The van der Waals surface area contributed by atoms with Crippen LogP contribution in [0.2, 0.25) is 10.2 Å². The Morgan fingerprint density at radius 1 is 1.12 bits per heavy atom. The summed E-state index contributed by atoms with van der Waals surface area (Å²) in [4.78, 5) is 3.44. The van der Waals surface area contributed by atoms with Crippen molar-refractivity contribution in [2.45, 2.75) is 0 Å². The van der Waals surface area contributed by atoms with Gasteiger partial charge in [0.1, 0.15) is 5.15 Å². The van der Waals surface area contributed by atoms with Gasteiger partial charge in [-0.2, -0.15) is 4.39 Å². The third-order valence-corrected chi connectivity index (χ3v) is 2.59. The Hall–Kier alpha value is -1.32. The van der Waals surface area contributed by atoms with E-state index in [2.05, 4.69) is 4.98 Å². The molecule has 0 saturated heterocycles. The highest BCUT2D eigenvalue weighted by molar-refractivity contribution is 6.33. The van der Waals surface area contributed by atoms with Crippen molar-refractivity contribution in [1.82, 2.24) is 4.98 Å². The molecule has 1 heterocycles. The number of hydrogen-bond acceptors (Lipinski definition) is 2. The Morgan fingerprint density at radius 3 is 2.56 bits per heavy atom.